The van der Waals surface area contributed by atoms with E-state index in [9.17, 15) is 9.90 Å². The van der Waals surface area contributed by atoms with Gasteiger partial charge in [0.15, 0.2) is 0 Å². The molecule has 2 aromatic rings. The van der Waals surface area contributed by atoms with Crippen LogP contribution in [0.1, 0.15) is 36.1 Å². The summed E-state index contributed by atoms with van der Waals surface area (Å²) in [6, 6.07) is 6.96. The molecule has 4 rings (SSSR count). The van der Waals surface area contributed by atoms with Gasteiger partial charge in [0.05, 0.1) is 12.1 Å². The largest absolute Gasteiger partial charge is 0.508 e. The predicted molar refractivity (Wildman–Crippen MR) is 104 cm³/mol. The van der Waals surface area contributed by atoms with Crippen molar-refractivity contribution in [3.8, 4) is 5.75 Å². The summed E-state index contributed by atoms with van der Waals surface area (Å²) in [4.78, 5) is 26.1. The number of aromatic hydroxyl groups is 1. The van der Waals surface area contributed by atoms with Crippen molar-refractivity contribution in [1.29, 1.82) is 0 Å². The third-order valence-electron chi connectivity index (χ3n) is 5.82. The molecular weight excluding hydrogens is 340 g/mol. The molecule has 1 aromatic heterocycles. The van der Waals surface area contributed by atoms with Crippen molar-refractivity contribution in [3.05, 3.63) is 47.3 Å². The van der Waals surface area contributed by atoms with Crippen LogP contribution in [0.25, 0.3) is 0 Å². The van der Waals surface area contributed by atoms with Gasteiger partial charge >= 0.3 is 0 Å². The minimum absolute atomic E-state index is 0.0459. The number of fused-ring (bicyclic) bond motifs is 2. The number of anilines is 1. The van der Waals surface area contributed by atoms with Crippen LogP contribution in [0.3, 0.4) is 0 Å². The first-order valence-corrected chi connectivity index (χ1v) is 9.56. The van der Waals surface area contributed by atoms with Gasteiger partial charge in [-0.3, -0.25) is 4.79 Å². The summed E-state index contributed by atoms with van der Waals surface area (Å²) < 4.78 is 0. The van der Waals surface area contributed by atoms with Gasteiger partial charge in [0, 0.05) is 38.8 Å². The lowest BCUT2D eigenvalue weighted by atomic mass is 9.77. The molecule has 1 amide bonds. The zero-order chi connectivity index (χ0) is 19.0. The van der Waals surface area contributed by atoms with Crippen LogP contribution in [0.2, 0.25) is 0 Å². The number of phenols is 1. The number of phenolic OH excluding ortho intramolecular Hbond substituents is 1. The zero-order valence-corrected chi connectivity index (χ0v) is 16.0. The van der Waals surface area contributed by atoms with Gasteiger partial charge in [0.2, 0.25) is 11.9 Å². The molecule has 1 unspecified atom stereocenters. The molecule has 142 valence electrons. The maximum Gasteiger partial charge on any atom is 0.227 e. The van der Waals surface area contributed by atoms with Gasteiger partial charge in [0.25, 0.3) is 0 Å². The summed E-state index contributed by atoms with van der Waals surface area (Å²) in [6.45, 7) is 1.52. The van der Waals surface area contributed by atoms with Gasteiger partial charge < -0.3 is 14.9 Å². The highest BCUT2D eigenvalue weighted by molar-refractivity contribution is 5.79. The Kier molecular flexibility index (Phi) is 4.50. The van der Waals surface area contributed by atoms with Crippen LogP contribution in [-0.4, -0.2) is 53.1 Å². The molecule has 6 nitrogen and oxygen atoms in total. The van der Waals surface area contributed by atoms with Gasteiger partial charge in [-0.1, -0.05) is 12.1 Å². The Bertz CT molecular complexity index is 863. The number of aromatic nitrogens is 2. The maximum absolute atomic E-state index is 12.9. The van der Waals surface area contributed by atoms with Gasteiger partial charge in [-0.15, -0.1) is 0 Å². The number of amides is 1. The molecule has 1 aliphatic carbocycles. The molecule has 1 fully saturated rings. The van der Waals surface area contributed by atoms with E-state index in [2.05, 4.69) is 4.98 Å². The van der Waals surface area contributed by atoms with Crippen molar-refractivity contribution in [3.63, 3.8) is 0 Å². The standard InChI is InChI=1S/C21H26N4O2/c1-24(2)20-22-13-16-7-9-21(19(16)23-20)8-4-10-25(14-21)18(27)12-15-5-3-6-17(26)11-15/h3,5-6,11,13,26H,4,7-10,12,14H2,1-2H3. The fraction of sp³-hybridized carbons (Fsp3) is 0.476. The monoisotopic (exact) mass is 366 g/mol. The molecule has 1 N–H and O–H groups in total. The lowest BCUT2D eigenvalue weighted by Gasteiger charge is -2.40. The number of hydrogen-bond donors (Lipinski definition) is 1. The molecule has 1 aromatic carbocycles. The van der Waals surface area contributed by atoms with Crippen LogP contribution < -0.4 is 4.90 Å². The van der Waals surface area contributed by atoms with Crippen molar-refractivity contribution < 1.29 is 9.90 Å². The molecule has 2 aliphatic rings. The summed E-state index contributed by atoms with van der Waals surface area (Å²) in [5.41, 5.74) is 3.16. The number of likely N-dealkylation sites (tertiary alicyclic amines) is 1. The first-order chi connectivity index (χ1) is 13.0. The number of carbonyl (C=O) groups excluding carboxylic acids is 1. The van der Waals surface area contributed by atoms with Crippen LogP contribution in [0, 0.1) is 0 Å². The zero-order valence-electron chi connectivity index (χ0n) is 16.0. The van der Waals surface area contributed by atoms with Gasteiger partial charge in [-0.05, 0) is 48.9 Å². The van der Waals surface area contributed by atoms with Crippen LogP contribution in [-0.2, 0) is 23.1 Å². The molecule has 0 saturated carbocycles. The third kappa shape index (κ3) is 3.36. The second-order valence-corrected chi connectivity index (χ2v) is 7.98. The van der Waals surface area contributed by atoms with E-state index in [-0.39, 0.29) is 17.1 Å². The maximum atomic E-state index is 12.9. The number of piperidine rings is 1. The van der Waals surface area contributed by atoms with Gasteiger partial charge in [-0.2, -0.15) is 0 Å². The van der Waals surface area contributed by atoms with E-state index in [1.165, 1.54) is 5.56 Å². The minimum Gasteiger partial charge on any atom is -0.508 e. The van der Waals surface area contributed by atoms with Crippen LogP contribution in [0.15, 0.2) is 30.5 Å². The molecule has 2 heterocycles. The van der Waals surface area contributed by atoms with E-state index in [0.717, 1.165) is 56.0 Å². The molecule has 0 bridgehead atoms. The van der Waals surface area contributed by atoms with Crippen molar-refractivity contribution in [2.24, 2.45) is 0 Å². The van der Waals surface area contributed by atoms with Crippen LogP contribution in [0.5, 0.6) is 5.75 Å². The Balaban J connectivity index is 1.55. The SMILES string of the molecule is CN(C)c1ncc2c(n1)C1(CCCN(C(=O)Cc3cccc(O)c3)C1)CC2. The average Bonchev–Trinajstić information content (AvgIpc) is 2.99. The number of hydrogen-bond acceptors (Lipinski definition) is 5. The number of carbonyl (C=O) groups is 1. The predicted octanol–water partition coefficient (Wildman–Crippen LogP) is 2.30. The average molecular weight is 366 g/mol. The lowest BCUT2D eigenvalue weighted by Crippen LogP contribution is -2.48. The summed E-state index contributed by atoms with van der Waals surface area (Å²) in [6.07, 6.45) is 6.36. The molecule has 1 saturated heterocycles. The summed E-state index contributed by atoms with van der Waals surface area (Å²) in [7, 11) is 3.91. The molecule has 6 heteroatoms. The van der Waals surface area contributed by atoms with Gasteiger partial charge in [-0.25, -0.2) is 9.97 Å². The Hall–Kier alpha value is -2.63. The van der Waals surface area contributed by atoms with Crippen molar-refractivity contribution in [2.45, 2.75) is 37.5 Å². The molecule has 0 radical (unpaired) electrons. The van der Waals surface area contributed by atoms with E-state index >= 15 is 0 Å². The highest BCUT2D eigenvalue weighted by Gasteiger charge is 2.44. The summed E-state index contributed by atoms with van der Waals surface area (Å²) in [5, 5.41) is 9.64. The van der Waals surface area contributed by atoms with Crippen LogP contribution in [0.4, 0.5) is 5.95 Å². The quantitative estimate of drug-likeness (QED) is 0.903. The Morgan fingerprint density at radius 3 is 2.96 bits per heavy atom. The van der Waals surface area contributed by atoms with Crippen molar-refractivity contribution >= 4 is 11.9 Å². The highest BCUT2D eigenvalue weighted by Crippen LogP contribution is 2.44. The molecular formula is C21H26N4O2. The van der Waals surface area contributed by atoms with Crippen molar-refractivity contribution in [2.75, 3.05) is 32.1 Å². The molecule has 1 atom stereocenters. The highest BCUT2D eigenvalue weighted by atomic mass is 16.3. The second-order valence-electron chi connectivity index (χ2n) is 7.98. The Morgan fingerprint density at radius 1 is 1.33 bits per heavy atom. The molecule has 1 spiro atoms. The third-order valence-corrected chi connectivity index (χ3v) is 5.82. The molecule has 1 aliphatic heterocycles. The fourth-order valence-electron chi connectivity index (χ4n) is 4.44. The molecule has 27 heavy (non-hydrogen) atoms. The number of rotatable bonds is 3. The topological polar surface area (TPSA) is 69.6 Å². The smallest absolute Gasteiger partial charge is 0.227 e. The summed E-state index contributed by atoms with van der Waals surface area (Å²) in [5.74, 6) is 1.06. The van der Waals surface area contributed by atoms with E-state index in [0.29, 0.717) is 6.42 Å². The number of benzene rings is 1. The first kappa shape index (κ1) is 17.8. The van der Waals surface area contributed by atoms with E-state index in [1.807, 2.05) is 36.2 Å². The first-order valence-electron chi connectivity index (χ1n) is 9.56. The van der Waals surface area contributed by atoms with Gasteiger partial charge in [0.1, 0.15) is 5.75 Å². The number of aryl methyl sites for hydroxylation is 1. The van der Waals surface area contributed by atoms with E-state index < -0.39 is 0 Å². The number of nitrogens with zero attached hydrogens (tertiary/aromatic N) is 4. The van der Waals surface area contributed by atoms with Crippen molar-refractivity contribution in [1.82, 2.24) is 14.9 Å². The summed E-state index contributed by atoms with van der Waals surface area (Å²) >= 11 is 0. The van der Waals surface area contributed by atoms with Crippen LogP contribution >= 0.6 is 0 Å². The van der Waals surface area contributed by atoms with E-state index in [4.69, 9.17) is 4.98 Å². The second kappa shape index (κ2) is 6.83. The lowest BCUT2D eigenvalue weighted by molar-refractivity contribution is -0.132. The normalized spacial score (nSPS) is 21.3. The Labute approximate surface area is 159 Å². The fourth-order valence-corrected chi connectivity index (χ4v) is 4.44. The minimum atomic E-state index is -0.0459. The van der Waals surface area contributed by atoms with E-state index in [1.54, 1.807) is 18.2 Å². The Morgan fingerprint density at radius 2 is 2.19 bits per heavy atom.